The summed E-state index contributed by atoms with van der Waals surface area (Å²) >= 11 is 9.02. The van der Waals surface area contributed by atoms with Crippen LogP contribution in [0.5, 0.6) is 0 Å². The lowest BCUT2D eigenvalue weighted by Crippen LogP contribution is -2.02. The highest BCUT2D eigenvalue weighted by Crippen LogP contribution is 2.26. The number of benzene rings is 1. The van der Waals surface area contributed by atoms with E-state index >= 15 is 0 Å². The minimum atomic E-state index is -0.507. The van der Waals surface area contributed by atoms with Crippen LogP contribution >= 0.6 is 27.5 Å². The third-order valence-electron chi connectivity index (χ3n) is 3.07. The van der Waals surface area contributed by atoms with Crippen molar-refractivity contribution in [3.63, 3.8) is 0 Å². The average Bonchev–Trinajstić information content (AvgIpc) is 2.37. The van der Waals surface area contributed by atoms with Crippen molar-refractivity contribution in [2.45, 2.75) is 51.9 Å². The van der Waals surface area contributed by atoms with Crippen LogP contribution in [0.15, 0.2) is 16.6 Å². The van der Waals surface area contributed by atoms with Gasteiger partial charge in [-0.05, 0) is 34.5 Å². The Labute approximate surface area is 127 Å². The van der Waals surface area contributed by atoms with Crippen molar-refractivity contribution in [2.75, 3.05) is 0 Å². The van der Waals surface area contributed by atoms with Crippen molar-refractivity contribution in [3.05, 3.63) is 33.0 Å². The Morgan fingerprint density at radius 3 is 2.53 bits per heavy atom. The minimum Gasteiger partial charge on any atom is -0.294 e. The first-order valence-corrected chi connectivity index (χ1v) is 7.91. The van der Waals surface area contributed by atoms with Crippen LogP contribution in [0.25, 0.3) is 0 Å². The number of hydrogen-bond donors (Lipinski definition) is 0. The molecule has 0 spiro atoms. The SMILES string of the molecule is CCCCCCCCC(=O)c1cc(Cl)c(Br)cc1F. The number of carbonyl (C=O) groups is 1. The fraction of sp³-hybridized carbons (Fsp3) is 0.533. The zero-order valence-electron chi connectivity index (χ0n) is 11.1. The van der Waals surface area contributed by atoms with E-state index in [4.69, 9.17) is 11.6 Å². The first kappa shape index (κ1) is 16.6. The molecule has 0 bridgehead atoms. The van der Waals surface area contributed by atoms with Crippen LogP contribution < -0.4 is 0 Å². The van der Waals surface area contributed by atoms with Crippen molar-refractivity contribution in [1.29, 1.82) is 0 Å². The van der Waals surface area contributed by atoms with E-state index in [1.54, 1.807) is 0 Å². The van der Waals surface area contributed by atoms with Crippen molar-refractivity contribution >= 4 is 33.3 Å². The summed E-state index contributed by atoms with van der Waals surface area (Å²) < 4.78 is 14.1. The molecule has 0 aromatic heterocycles. The Balaban J connectivity index is 2.43. The van der Waals surface area contributed by atoms with Crippen molar-refractivity contribution in [1.82, 2.24) is 0 Å². The number of carbonyl (C=O) groups excluding carboxylic acids is 1. The Morgan fingerprint density at radius 1 is 1.21 bits per heavy atom. The topological polar surface area (TPSA) is 17.1 Å². The first-order chi connectivity index (χ1) is 9.06. The van der Waals surface area contributed by atoms with Gasteiger partial charge >= 0.3 is 0 Å². The van der Waals surface area contributed by atoms with Gasteiger partial charge in [-0.1, -0.05) is 50.6 Å². The number of rotatable bonds is 8. The second-order valence-corrected chi connectivity index (χ2v) is 5.95. The van der Waals surface area contributed by atoms with Gasteiger partial charge in [0.25, 0.3) is 0 Å². The highest BCUT2D eigenvalue weighted by atomic mass is 79.9. The molecule has 0 saturated heterocycles. The normalized spacial score (nSPS) is 10.7. The minimum absolute atomic E-state index is 0.0989. The van der Waals surface area contributed by atoms with Crippen molar-refractivity contribution in [3.8, 4) is 0 Å². The van der Waals surface area contributed by atoms with Crippen molar-refractivity contribution in [2.24, 2.45) is 0 Å². The summed E-state index contributed by atoms with van der Waals surface area (Å²) in [7, 11) is 0. The van der Waals surface area contributed by atoms with Crippen LogP contribution in [0.3, 0.4) is 0 Å². The molecule has 0 atom stereocenters. The second-order valence-electron chi connectivity index (χ2n) is 4.69. The lowest BCUT2D eigenvalue weighted by atomic mass is 10.0. The number of Topliss-reactive ketones (excluding diaryl/α,β-unsaturated/α-hetero) is 1. The Kier molecular flexibility index (Phi) is 7.62. The third-order valence-corrected chi connectivity index (χ3v) is 4.26. The predicted octanol–water partition coefficient (Wildman–Crippen LogP) is 6.17. The van der Waals surface area contributed by atoms with Crippen LogP contribution in [-0.4, -0.2) is 5.78 Å². The van der Waals surface area contributed by atoms with Gasteiger partial charge in [-0.2, -0.15) is 0 Å². The molecule has 0 aliphatic carbocycles. The quantitative estimate of drug-likeness (QED) is 0.311. The fourth-order valence-electron chi connectivity index (χ4n) is 1.94. The Morgan fingerprint density at radius 2 is 1.84 bits per heavy atom. The number of unbranched alkanes of at least 4 members (excludes halogenated alkanes) is 5. The van der Waals surface area contributed by atoms with E-state index in [2.05, 4.69) is 22.9 Å². The van der Waals surface area contributed by atoms with Gasteiger partial charge in [0.05, 0.1) is 10.6 Å². The van der Waals surface area contributed by atoms with E-state index in [1.165, 1.54) is 31.4 Å². The zero-order chi connectivity index (χ0) is 14.3. The molecule has 4 heteroatoms. The Bertz CT molecular complexity index is 434. The van der Waals surface area contributed by atoms with E-state index in [-0.39, 0.29) is 11.3 Å². The van der Waals surface area contributed by atoms with Gasteiger partial charge in [-0.3, -0.25) is 4.79 Å². The fourth-order valence-corrected chi connectivity index (χ4v) is 2.42. The molecule has 0 N–H and O–H groups in total. The van der Waals surface area contributed by atoms with E-state index in [0.29, 0.717) is 15.9 Å². The van der Waals surface area contributed by atoms with Gasteiger partial charge < -0.3 is 0 Å². The molecule has 1 aromatic rings. The molecule has 106 valence electrons. The molecule has 0 aliphatic heterocycles. The molecule has 0 aliphatic rings. The lowest BCUT2D eigenvalue weighted by Gasteiger charge is -2.05. The summed E-state index contributed by atoms with van der Waals surface area (Å²) in [5.74, 6) is -0.672. The van der Waals surface area contributed by atoms with Gasteiger partial charge in [-0.15, -0.1) is 0 Å². The van der Waals surface area contributed by atoms with Gasteiger partial charge in [0.2, 0.25) is 0 Å². The molecule has 0 heterocycles. The largest absolute Gasteiger partial charge is 0.294 e. The van der Waals surface area contributed by atoms with Crippen molar-refractivity contribution < 1.29 is 9.18 Å². The lowest BCUT2D eigenvalue weighted by molar-refractivity contribution is 0.0975. The molecule has 19 heavy (non-hydrogen) atoms. The van der Waals surface area contributed by atoms with E-state index in [1.807, 2.05) is 0 Å². The second kappa shape index (κ2) is 8.70. The van der Waals surface area contributed by atoms with Crippen LogP contribution in [0.4, 0.5) is 4.39 Å². The summed E-state index contributed by atoms with van der Waals surface area (Å²) in [6.45, 7) is 2.17. The van der Waals surface area contributed by atoms with Crippen LogP contribution in [0.1, 0.15) is 62.2 Å². The van der Waals surface area contributed by atoms with E-state index in [9.17, 15) is 9.18 Å². The number of halogens is 3. The molecule has 0 radical (unpaired) electrons. The highest BCUT2D eigenvalue weighted by molar-refractivity contribution is 9.10. The standard InChI is InChI=1S/C15H19BrClFO/c1-2-3-4-5-6-7-8-15(19)11-9-13(17)12(16)10-14(11)18/h9-10H,2-8H2,1H3. The zero-order valence-corrected chi connectivity index (χ0v) is 13.5. The summed E-state index contributed by atoms with van der Waals surface area (Å²) in [5, 5.41) is 0.368. The maximum atomic E-state index is 13.6. The molecule has 0 fully saturated rings. The van der Waals surface area contributed by atoms with Gasteiger partial charge in [-0.25, -0.2) is 4.39 Å². The molecular formula is C15H19BrClFO. The smallest absolute Gasteiger partial charge is 0.165 e. The van der Waals surface area contributed by atoms with Crippen LogP contribution in [0, 0.1) is 5.82 Å². The maximum Gasteiger partial charge on any atom is 0.165 e. The van der Waals surface area contributed by atoms with Gasteiger partial charge in [0.15, 0.2) is 5.78 Å². The molecule has 1 aromatic carbocycles. The summed E-state index contributed by atoms with van der Waals surface area (Å²) in [6.07, 6.45) is 7.04. The maximum absolute atomic E-state index is 13.6. The van der Waals surface area contributed by atoms with E-state index in [0.717, 1.165) is 19.3 Å². The van der Waals surface area contributed by atoms with Crippen LogP contribution in [0.2, 0.25) is 5.02 Å². The van der Waals surface area contributed by atoms with E-state index < -0.39 is 5.82 Å². The molecule has 0 saturated carbocycles. The molecular weight excluding hydrogens is 331 g/mol. The van der Waals surface area contributed by atoms with Gasteiger partial charge in [0.1, 0.15) is 5.82 Å². The monoisotopic (exact) mass is 348 g/mol. The average molecular weight is 350 g/mol. The first-order valence-electron chi connectivity index (χ1n) is 6.74. The molecule has 0 unspecified atom stereocenters. The molecule has 0 amide bonds. The number of ketones is 1. The molecule has 1 rings (SSSR count). The van der Waals surface area contributed by atoms with Crippen LogP contribution in [-0.2, 0) is 0 Å². The Hall–Kier alpha value is -0.410. The van der Waals surface area contributed by atoms with Gasteiger partial charge in [0, 0.05) is 10.9 Å². The summed E-state index contributed by atoms with van der Waals surface area (Å²) in [6, 6.07) is 2.65. The molecule has 1 nitrogen and oxygen atoms in total. The summed E-state index contributed by atoms with van der Waals surface area (Å²) in [4.78, 5) is 11.9. The predicted molar refractivity (Wildman–Crippen MR) is 81.4 cm³/mol. The third kappa shape index (κ3) is 5.62. The number of hydrogen-bond acceptors (Lipinski definition) is 1. The summed E-state index contributed by atoms with van der Waals surface area (Å²) in [5.41, 5.74) is 0.0989. The highest BCUT2D eigenvalue weighted by Gasteiger charge is 2.14.